The van der Waals surface area contributed by atoms with Crippen molar-refractivity contribution in [2.75, 3.05) is 26.8 Å². The minimum Gasteiger partial charge on any atom is -0.497 e. The average molecular weight is 249 g/mol. The number of hydrogen-bond acceptors (Lipinski definition) is 4. The molecule has 0 aliphatic carbocycles. The molecule has 0 spiro atoms. The summed E-state index contributed by atoms with van der Waals surface area (Å²) < 4.78 is 12.3. The first-order chi connectivity index (χ1) is 8.36. The molecule has 90 valence electrons. The van der Waals surface area contributed by atoms with Crippen LogP contribution in [0.15, 0.2) is 24.3 Å². The topological polar surface area (TPSA) is 30.5 Å². The summed E-state index contributed by atoms with van der Waals surface area (Å²) in [5, 5.41) is 4.59. The van der Waals surface area contributed by atoms with E-state index in [0.29, 0.717) is 0 Å². The Kier molecular flexibility index (Phi) is 3.01. The summed E-state index contributed by atoms with van der Waals surface area (Å²) in [7, 11) is 1.70. The largest absolute Gasteiger partial charge is 0.497 e. The molecule has 1 aromatic carbocycles. The lowest BCUT2D eigenvalue weighted by molar-refractivity contribution is 0.0300. The molecule has 1 aliphatic heterocycles. The lowest BCUT2D eigenvalue weighted by Crippen LogP contribution is -2.32. The summed E-state index contributed by atoms with van der Waals surface area (Å²) in [5.74, 6) is 0.907. The minimum absolute atomic E-state index is 0.201. The molecule has 1 saturated heterocycles. The van der Waals surface area contributed by atoms with Crippen molar-refractivity contribution < 1.29 is 9.47 Å². The molecule has 3 rings (SSSR count). The SMILES string of the molecule is COc1ccc2sc(C3CNCCO3)cc2c1. The van der Waals surface area contributed by atoms with Gasteiger partial charge in [-0.25, -0.2) is 0 Å². The van der Waals surface area contributed by atoms with Crippen LogP contribution in [0.2, 0.25) is 0 Å². The van der Waals surface area contributed by atoms with Crippen LogP contribution in [0.5, 0.6) is 5.75 Å². The van der Waals surface area contributed by atoms with E-state index in [1.165, 1.54) is 15.0 Å². The third-order valence-electron chi connectivity index (χ3n) is 2.99. The molecule has 0 saturated carbocycles. The van der Waals surface area contributed by atoms with Crippen molar-refractivity contribution in [3.63, 3.8) is 0 Å². The first-order valence-electron chi connectivity index (χ1n) is 5.76. The van der Waals surface area contributed by atoms with Gasteiger partial charge in [-0.15, -0.1) is 11.3 Å². The van der Waals surface area contributed by atoms with Crippen molar-refractivity contribution in [2.24, 2.45) is 0 Å². The number of ether oxygens (including phenoxy) is 2. The predicted octanol–water partition coefficient (Wildman–Crippen LogP) is 2.57. The molecule has 17 heavy (non-hydrogen) atoms. The summed E-state index contributed by atoms with van der Waals surface area (Å²) >= 11 is 1.80. The van der Waals surface area contributed by atoms with Crippen LogP contribution in [0.3, 0.4) is 0 Å². The van der Waals surface area contributed by atoms with E-state index in [4.69, 9.17) is 9.47 Å². The normalized spacial score (nSPS) is 20.6. The van der Waals surface area contributed by atoms with Gasteiger partial charge in [-0.05, 0) is 29.7 Å². The molecule has 1 unspecified atom stereocenters. The third-order valence-corrected chi connectivity index (χ3v) is 4.20. The Hall–Kier alpha value is -1.10. The maximum absolute atomic E-state index is 5.77. The highest BCUT2D eigenvalue weighted by atomic mass is 32.1. The summed E-state index contributed by atoms with van der Waals surface area (Å²) in [5.41, 5.74) is 0. The second-order valence-corrected chi connectivity index (χ2v) is 5.23. The number of methoxy groups -OCH3 is 1. The number of rotatable bonds is 2. The van der Waals surface area contributed by atoms with Crippen LogP contribution in [0, 0.1) is 0 Å². The van der Waals surface area contributed by atoms with E-state index in [0.717, 1.165) is 25.4 Å². The van der Waals surface area contributed by atoms with Crippen molar-refractivity contribution in [3.8, 4) is 5.75 Å². The van der Waals surface area contributed by atoms with Crippen molar-refractivity contribution >= 4 is 21.4 Å². The molecule has 2 heterocycles. The monoisotopic (exact) mass is 249 g/mol. The maximum Gasteiger partial charge on any atom is 0.119 e. The van der Waals surface area contributed by atoms with Crippen LogP contribution in [-0.2, 0) is 4.74 Å². The van der Waals surface area contributed by atoms with Gasteiger partial charge in [-0.3, -0.25) is 0 Å². The fourth-order valence-electron chi connectivity index (χ4n) is 2.08. The molecule has 0 bridgehead atoms. The molecule has 1 atom stereocenters. The zero-order chi connectivity index (χ0) is 11.7. The van der Waals surface area contributed by atoms with E-state index in [1.54, 1.807) is 18.4 Å². The first kappa shape index (κ1) is 11.0. The molecule has 0 radical (unpaired) electrons. The zero-order valence-corrected chi connectivity index (χ0v) is 10.5. The van der Waals surface area contributed by atoms with Crippen LogP contribution in [0.4, 0.5) is 0 Å². The van der Waals surface area contributed by atoms with E-state index in [9.17, 15) is 0 Å². The smallest absolute Gasteiger partial charge is 0.119 e. The number of fused-ring (bicyclic) bond motifs is 1. The van der Waals surface area contributed by atoms with Gasteiger partial charge in [0.15, 0.2) is 0 Å². The number of morpholine rings is 1. The second-order valence-electron chi connectivity index (χ2n) is 4.12. The van der Waals surface area contributed by atoms with E-state index in [2.05, 4.69) is 23.5 Å². The number of nitrogens with one attached hydrogen (secondary N) is 1. The zero-order valence-electron chi connectivity index (χ0n) is 9.73. The Bertz CT molecular complexity index is 517. The summed E-state index contributed by atoms with van der Waals surface area (Å²) in [4.78, 5) is 1.29. The van der Waals surface area contributed by atoms with Crippen molar-refractivity contribution in [1.29, 1.82) is 0 Å². The Labute approximate surface area is 104 Å². The molecule has 1 fully saturated rings. The van der Waals surface area contributed by atoms with Crippen molar-refractivity contribution in [1.82, 2.24) is 5.32 Å². The van der Waals surface area contributed by atoms with Gasteiger partial charge in [-0.2, -0.15) is 0 Å². The molecule has 1 N–H and O–H groups in total. The van der Waals surface area contributed by atoms with Gasteiger partial charge in [-0.1, -0.05) is 0 Å². The van der Waals surface area contributed by atoms with Gasteiger partial charge in [0.05, 0.1) is 13.7 Å². The lowest BCUT2D eigenvalue weighted by Gasteiger charge is -2.22. The Balaban J connectivity index is 1.95. The lowest BCUT2D eigenvalue weighted by atomic mass is 10.2. The number of hydrogen-bond donors (Lipinski definition) is 1. The van der Waals surface area contributed by atoms with Gasteiger partial charge < -0.3 is 14.8 Å². The first-order valence-corrected chi connectivity index (χ1v) is 6.58. The van der Waals surface area contributed by atoms with E-state index in [-0.39, 0.29) is 6.10 Å². The fraction of sp³-hybridized carbons (Fsp3) is 0.385. The number of thiophene rings is 1. The number of benzene rings is 1. The fourth-order valence-corrected chi connectivity index (χ4v) is 3.17. The second kappa shape index (κ2) is 4.64. The van der Waals surface area contributed by atoms with Crippen LogP contribution < -0.4 is 10.1 Å². The van der Waals surface area contributed by atoms with Gasteiger partial charge in [0.1, 0.15) is 11.9 Å². The third kappa shape index (κ3) is 2.16. The van der Waals surface area contributed by atoms with Gasteiger partial charge in [0.25, 0.3) is 0 Å². The van der Waals surface area contributed by atoms with Crippen LogP contribution in [0.1, 0.15) is 11.0 Å². The van der Waals surface area contributed by atoms with Crippen molar-refractivity contribution in [3.05, 3.63) is 29.1 Å². The van der Waals surface area contributed by atoms with Gasteiger partial charge in [0, 0.05) is 22.7 Å². The summed E-state index contributed by atoms with van der Waals surface area (Å²) in [6.45, 7) is 2.65. The highest BCUT2D eigenvalue weighted by Crippen LogP contribution is 2.33. The molecular weight excluding hydrogens is 234 g/mol. The Morgan fingerprint density at radius 1 is 1.41 bits per heavy atom. The highest BCUT2D eigenvalue weighted by molar-refractivity contribution is 7.19. The van der Waals surface area contributed by atoms with E-state index < -0.39 is 0 Å². The van der Waals surface area contributed by atoms with Crippen LogP contribution in [-0.4, -0.2) is 26.8 Å². The molecular formula is C13H15NO2S. The van der Waals surface area contributed by atoms with E-state index in [1.807, 2.05) is 6.07 Å². The molecule has 2 aromatic rings. The molecule has 1 aromatic heterocycles. The van der Waals surface area contributed by atoms with Gasteiger partial charge >= 0.3 is 0 Å². The summed E-state index contributed by atoms with van der Waals surface area (Å²) in [6, 6.07) is 8.40. The van der Waals surface area contributed by atoms with Crippen LogP contribution in [0.25, 0.3) is 10.1 Å². The highest BCUT2D eigenvalue weighted by Gasteiger charge is 2.18. The molecule has 3 nitrogen and oxygen atoms in total. The Morgan fingerprint density at radius 3 is 3.12 bits per heavy atom. The standard InChI is InChI=1S/C13H15NO2S/c1-15-10-2-3-12-9(6-10)7-13(17-12)11-8-14-4-5-16-11/h2-3,6-7,11,14H,4-5,8H2,1H3. The average Bonchev–Trinajstić information content (AvgIpc) is 2.82. The van der Waals surface area contributed by atoms with E-state index >= 15 is 0 Å². The summed E-state index contributed by atoms with van der Waals surface area (Å²) in [6.07, 6.45) is 0.201. The molecule has 1 aliphatic rings. The van der Waals surface area contributed by atoms with Crippen molar-refractivity contribution in [2.45, 2.75) is 6.10 Å². The quantitative estimate of drug-likeness (QED) is 0.887. The van der Waals surface area contributed by atoms with Gasteiger partial charge in [0.2, 0.25) is 0 Å². The molecule has 4 heteroatoms. The molecule has 0 amide bonds. The van der Waals surface area contributed by atoms with Crippen LogP contribution >= 0.6 is 11.3 Å². The minimum atomic E-state index is 0.201. The maximum atomic E-state index is 5.77. The Morgan fingerprint density at radius 2 is 2.35 bits per heavy atom. The predicted molar refractivity (Wildman–Crippen MR) is 69.9 cm³/mol.